The van der Waals surface area contributed by atoms with Crippen LogP contribution < -0.4 is 5.73 Å². The number of nitrogens with zero attached hydrogens (tertiary/aromatic N) is 5. The van der Waals surface area contributed by atoms with E-state index in [1.54, 1.807) is 0 Å². The number of likely N-dealkylation sites (N-methyl/N-ethyl adjacent to an activating group) is 1. The van der Waals surface area contributed by atoms with Gasteiger partial charge in [0.25, 0.3) is 0 Å². The highest BCUT2D eigenvalue weighted by Gasteiger charge is 2.19. The predicted octanol–water partition coefficient (Wildman–Crippen LogP) is -0.401. The average Bonchev–Trinajstić information content (AvgIpc) is 2.85. The number of rotatable bonds is 6. The molecule has 0 bridgehead atoms. The fraction of sp³-hybridized carbons (Fsp3) is 0.786. The van der Waals surface area contributed by atoms with Gasteiger partial charge >= 0.3 is 0 Å². The SMILES string of the molecule is CN(C)CCN1CCN(CC(N)c2cnn(C)c2)CC1. The Labute approximate surface area is 122 Å². The van der Waals surface area contributed by atoms with Crippen molar-refractivity contribution in [2.24, 2.45) is 12.8 Å². The van der Waals surface area contributed by atoms with Gasteiger partial charge in [0.05, 0.1) is 6.20 Å². The Hall–Kier alpha value is -0.950. The molecule has 0 saturated carbocycles. The van der Waals surface area contributed by atoms with E-state index in [1.807, 2.05) is 24.1 Å². The van der Waals surface area contributed by atoms with E-state index >= 15 is 0 Å². The van der Waals surface area contributed by atoms with Crippen LogP contribution in [-0.4, -0.2) is 84.4 Å². The highest BCUT2D eigenvalue weighted by Crippen LogP contribution is 2.12. The van der Waals surface area contributed by atoms with Crippen LogP contribution in [0.2, 0.25) is 0 Å². The van der Waals surface area contributed by atoms with Gasteiger partial charge in [-0.2, -0.15) is 5.10 Å². The maximum Gasteiger partial charge on any atom is 0.0537 e. The van der Waals surface area contributed by atoms with Crippen molar-refractivity contribution in [1.82, 2.24) is 24.5 Å². The van der Waals surface area contributed by atoms with E-state index in [9.17, 15) is 0 Å². The van der Waals surface area contributed by atoms with Crippen LogP contribution in [0, 0.1) is 0 Å². The number of nitrogens with two attached hydrogens (primary N) is 1. The Bertz CT molecular complexity index is 394. The molecule has 1 aliphatic rings. The van der Waals surface area contributed by atoms with Crippen LogP contribution in [0.4, 0.5) is 0 Å². The first kappa shape index (κ1) is 15.4. The lowest BCUT2D eigenvalue weighted by Gasteiger charge is -2.36. The largest absolute Gasteiger partial charge is 0.323 e. The quantitative estimate of drug-likeness (QED) is 0.768. The summed E-state index contributed by atoms with van der Waals surface area (Å²) in [4.78, 5) is 7.24. The van der Waals surface area contributed by atoms with E-state index in [4.69, 9.17) is 5.73 Å². The number of hydrogen-bond acceptors (Lipinski definition) is 5. The average molecular weight is 280 g/mol. The third-order valence-corrected chi connectivity index (χ3v) is 3.94. The second-order valence-electron chi connectivity index (χ2n) is 6.00. The molecule has 1 aromatic heterocycles. The van der Waals surface area contributed by atoms with Gasteiger partial charge in [0.2, 0.25) is 0 Å². The number of piperazine rings is 1. The first-order chi connectivity index (χ1) is 9.54. The molecule has 1 saturated heterocycles. The van der Waals surface area contributed by atoms with E-state index in [0.29, 0.717) is 0 Å². The maximum atomic E-state index is 6.26. The summed E-state index contributed by atoms with van der Waals surface area (Å²) < 4.78 is 1.81. The first-order valence-corrected chi connectivity index (χ1v) is 7.38. The summed E-state index contributed by atoms with van der Waals surface area (Å²) in [5.41, 5.74) is 7.38. The molecular formula is C14H28N6. The van der Waals surface area contributed by atoms with Crippen molar-refractivity contribution in [2.45, 2.75) is 6.04 Å². The van der Waals surface area contributed by atoms with E-state index in [1.165, 1.54) is 0 Å². The fourth-order valence-electron chi connectivity index (χ4n) is 2.55. The van der Waals surface area contributed by atoms with Crippen molar-refractivity contribution in [2.75, 3.05) is 59.9 Å². The molecule has 1 aromatic rings. The summed E-state index contributed by atoms with van der Waals surface area (Å²) in [6, 6.07) is 0.0667. The Morgan fingerprint density at radius 3 is 2.45 bits per heavy atom. The summed E-state index contributed by atoms with van der Waals surface area (Å²) in [5, 5.41) is 4.19. The lowest BCUT2D eigenvalue weighted by molar-refractivity contribution is 0.120. The minimum absolute atomic E-state index is 0.0667. The molecule has 1 atom stereocenters. The van der Waals surface area contributed by atoms with Gasteiger partial charge in [0.15, 0.2) is 0 Å². The highest BCUT2D eigenvalue weighted by atomic mass is 15.3. The van der Waals surface area contributed by atoms with Crippen molar-refractivity contribution >= 4 is 0 Å². The molecule has 0 amide bonds. The third kappa shape index (κ3) is 4.56. The molecule has 1 fully saturated rings. The molecule has 0 radical (unpaired) electrons. The molecular weight excluding hydrogens is 252 g/mol. The minimum atomic E-state index is 0.0667. The smallest absolute Gasteiger partial charge is 0.0537 e. The van der Waals surface area contributed by atoms with Crippen LogP contribution in [0.25, 0.3) is 0 Å². The monoisotopic (exact) mass is 280 g/mol. The summed E-state index contributed by atoms with van der Waals surface area (Å²) in [6.07, 6.45) is 3.88. The third-order valence-electron chi connectivity index (χ3n) is 3.94. The molecule has 1 aliphatic heterocycles. The highest BCUT2D eigenvalue weighted by molar-refractivity contribution is 5.10. The lowest BCUT2D eigenvalue weighted by Crippen LogP contribution is -2.49. The van der Waals surface area contributed by atoms with E-state index in [0.717, 1.165) is 51.4 Å². The molecule has 20 heavy (non-hydrogen) atoms. The van der Waals surface area contributed by atoms with Crippen molar-refractivity contribution in [3.8, 4) is 0 Å². The van der Waals surface area contributed by atoms with Crippen LogP contribution in [-0.2, 0) is 7.05 Å². The summed E-state index contributed by atoms with van der Waals surface area (Å²) in [6.45, 7) is 7.74. The van der Waals surface area contributed by atoms with Gasteiger partial charge in [-0.3, -0.25) is 14.5 Å². The van der Waals surface area contributed by atoms with Crippen LogP contribution in [0.3, 0.4) is 0 Å². The van der Waals surface area contributed by atoms with Crippen molar-refractivity contribution < 1.29 is 0 Å². The standard InChI is InChI=1S/C14H28N6/c1-17(2)4-5-19-6-8-20(9-7-19)12-14(15)13-10-16-18(3)11-13/h10-11,14H,4-9,12,15H2,1-3H3. The molecule has 1 unspecified atom stereocenters. The van der Waals surface area contributed by atoms with Gasteiger partial charge in [-0.25, -0.2) is 0 Å². The van der Waals surface area contributed by atoms with Gasteiger partial charge in [-0.1, -0.05) is 0 Å². The Kier molecular flexibility index (Phi) is 5.54. The van der Waals surface area contributed by atoms with Gasteiger partial charge in [-0.15, -0.1) is 0 Å². The molecule has 6 nitrogen and oxygen atoms in total. The van der Waals surface area contributed by atoms with Crippen molar-refractivity contribution in [3.63, 3.8) is 0 Å². The summed E-state index contributed by atoms with van der Waals surface area (Å²) in [5.74, 6) is 0. The van der Waals surface area contributed by atoms with E-state index in [-0.39, 0.29) is 6.04 Å². The zero-order valence-corrected chi connectivity index (χ0v) is 13.0. The maximum absolute atomic E-state index is 6.26. The normalized spacial score (nSPS) is 19.6. The van der Waals surface area contributed by atoms with Gasteiger partial charge in [0, 0.05) is 70.7 Å². The molecule has 2 rings (SSSR count). The Balaban J connectivity index is 1.71. The molecule has 114 valence electrons. The molecule has 0 aliphatic carbocycles. The minimum Gasteiger partial charge on any atom is -0.323 e. The second-order valence-corrected chi connectivity index (χ2v) is 6.00. The zero-order valence-electron chi connectivity index (χ0n) is 13.0. The molecule has 0 aromatic carbocycles. The number of aryl methyl sites for hydroxylation is 1. The van der Waals surface area contributed by atoms with Crippen molar-refractivity contribution in [3.05, 3.63) is 18.0 Å². The second kappa shape index (κ2) is 7.17. The molecule has 2 heterocycles. The Morgan fingerprint density at radius 2 is 1.90 bits per heavy atom. The van der Waals surface area contributed by atoms with Gasteiger partial charge < -0.3 is 10.6 Å². The van der Waals surface area contributed by atoms with Gasteiger partial charge in [-0.05, 0) is 14.1 Å². The van der Waals surface area contributed by atoms with Crippen LogP contribution >= 0.6 is 0 Å². The fourth-order valence-corrected chi connectivity index (χ4v) is 2.55. The van der Waals surface area contributed by atoms with Gasteiger partial charge in [0.1, 0.15) is 0 Å². The van der Waals surface area contributed by atoms with E-state index < -0.39 is 0 Å². The van der Waals surface area contributed by atoms with Crippen LogP contribution in [0.15, 0.2) is 12.4 Å². The predicted molar refractivity (Wildman–Crippen MR) is 81.6 cm³/mol. The topological polar surface area (TPSA) is 53.6 Å². The first-order valence-electron chi connectivity index (χ1n) is 7.38. The van der Waals surface area contributed by atoms with Crippen LogP contribution in [0.5, 0.6) is 0 Å². The molecule has 0 spiro atoms. The summed E-state index contributed by atoms with van der Waals surface area (Å²) in [7, 11) is 6.19. The number of aromatic nitrogens is 2. The molecule has 2 N–H and O–H groups in total. The zero-order chi connectivity index (χ0) is 14.5. The lowest BCUT2D eigenvalue weighted by atomic mass is 10.1. The summed E-state index contributed by atoms with van der Waals surface area (Å²) >= 11 is 0. The van der Waals surface area contributed by atoms with Crippen molar-refractivity contribution in [1.29, 1.82) is 0 Å². The Morgan fingerprint density at radius 1 is 1.25 bits per heavy atom. The molecule has 6 heteroatoms. The van der Waals surface area contributed by atoms with E-state index in [2.05, 4.69) is 33.9 Å². The van der Waals surface area contributed by atoms with Crippen LogP contribution in [0.1, 0.15) is 11.6 Å². The number of hydrogen-bond donors (Lipinski definition) is 1.